The number of ether oxygens (including phenoxy) is 6. The molecule has 3 rings (SSSR count). The number of carbonyl (C=O) groups is 1. The summed E-state index contributed by atoms with van der Waals surface area (Å²) >= 11 is 0. The zero-order valence-electron chi connectivity index (χ0n) is 37.9. The van der Waals surface area contributed by atoms with Crippen molar-refractivity contribution < 1.29 is 58.7 Å². The molecule has 0 aromatic rings. The minimum atomic E-state index is -1.82. The number of aliphatic hydroxyl groups excluding tert-OH is 2. The number of likely N-dealkylation sites (N-methyl/N-ethyl adjacent to an activating group) is 1. The molecular formula is C42H81N3O12. The number of aliphatic hydroxyl groups is 5. The van der Waals surface area contributed by atoms with Crippen molar-refractivity contribution in [1.82, 2.24) is 15.5 Å². The molecule has 0 aromatic carbocycles. The van der Waals surface area contributed by atoms with Gasteiger partial charge in [0.2, 0.25) is 0 Å². The highest BCUT2D eigenvalue weighted by Crippen LogP contribution is 2.43. The van der Waals surface area contributed by atoms with Crippen molar-refractivity contribution in [2.24, 2.45) is 17.8 Å². The van der Waals surface area contributed by atoms with Gasteiger partial charge in [0, 0.05) is 43.6 Å². The predicted molar refractivity (Wildman–Crippen MR) is 216 cm³/mol. The van der Waals surface area contributed by atoms with Crippen molar-refractivity contribution in [3.8, 4) is 0 Å². The molecule has 18 atom stereocenters. The van der Waals surface area contributed by atoms with E-state index in [1.165, 1.54) is 14.0 Å². The maximum Gasteiger partial charge on any atom is 0.311 e. The van der Waals surface area contributed by atoms with E-state index in [4.69, 9.17) is 28.4 Å². The van der Waals surface area contributed by atoms with Crippen molar-refractivity contribution in [3.63, 3.8) is 0 Å². The Kier molecular flexibility index (Phi) is 17.1. The topological polar surface area (TPSA) is 201 Å². The number of hydrogen-bond acceptors (Lipinski definition) is 15. The van der Waals surface area contributed by atoms with Gasteiger partial charge in [-0.15, -0.1) is 0 Å². The van der Waals surface area contributed by atoms with Gasteiger partial charge in [-0.3, -0.25) is 4.79 Å². The fourth-order valence-electron chi connectivity index (χ4n) is 9.15. The van der Waals surface area contributed by atoms with Crippen LogP contribution in [0.5, 0.6) is 0 Å². The number of hydrogen-bond donors (Lipinski definition) is 7. The molecule has 336 valence electrons. The van der Waals surface area contributed by atoms with E-state index < -0.39 is 95.5 Å². The van der Waals surface area contributed by atoms with Crippen LogP contribution < -0.4 is 10.6 Å². The molecule has 3 heterocycles. The van der Waals surface area contributed by atoms with Gasteiger partial charge in [-0.25, -0.2) is 0 Å². The first-order valence-corrected chi connectivity index (χ1v) is 21.1. The molecule has 3 fully saturated rings. The Morgan fingerprint density at radius 2 is 1.63 bits per heavy atom. The smallest absolute Gasteiger partial charge is 0.311 e. The molecule has 3 aliphatic heterocycles. The van der Waals surface area contributed by atoms with E-state index in [1.54, 1.807) is 41.5 Å². The SMILES string of the molecule is CC[C@@H](O)[C@@](C)(O)C1OC(=O)[C@H](C)[C@H](O[C@H]2C[C@@](C)(OC)[C@](O)(CNC(C)(C)C)[C@H](C)O2)[C@H](C)[C@H](O[C@@H]2O[C@H](C)C[C@H](N(C)C)C2O)[C@@](C)(O)C[C@H](C)CN[C@@H]1C. The van der Waals surface area contributed by atoms with Gasteiger partial charge < -0.3 is 69.5 Å². The molecular weight excluding hydrogens is 738 g/mol. The van der Waals surface area contributed by atoms with Gasteiger partial charge in [-0.1, -0.05) is 20.8 Å². The lowest BCUT2D eigenvalue weighted by molar-refractivity contribution is -0.336. The van der Waals surface area contributed by atoms with Crippen molar-refractivity contribution >= 4 is 5.97 Å². The van der Waals surface area contributed by atoms with Gasteiger partial charge in [0.05, 0.1) is 42.0 Å². The first kappa shape index (κ1) is 50.3. The summed E-state index contributed by atoms with van der Waals surface area (Å²) in [4.78, 5) is 16.4. The molecule has 3 saturated heterocycles. The molecule has 0 aliphatic carbocycles. The first-order valence-electron chi connectivity index (χ1n) is 21.1. The van der Waals surface area contributed by atoms with Crippen LogP contribution in [0.4, 0.5) is 0 Å². The third-order valence-corrected chi connectivity index (χ3v) is 13.1. The van der Waals surface area contributed by atoms with Gasteiger partial charge >= 0.3 is 5.97 Å². The zero-order valence-corrected chi connectivity index (χ0v) is 37.9. The van der Waals surface area contributed by atoms with Gasteiger partial charge in [-0.2, -0.15) is 0 Å². The monoisotopic (exact) mass is 820 g/mol. The molecule has 57 heavy (non-hydrogen) atoms. The third kappa shape index (κ3) is 11.7. The molecule has 0 bridgehead atoms. The Morgan fingerprint density at radius 1 is 1.02 bits per heavy atom. The molecule has 3 aliphatic rings. The molecule has 0 aromatic heterocycles. The Hall–Kier alpha value is -1.05. The zero-order chi connectivity index (χ0) is 43.6. The van der Waals surface area contributed by atoms with Crippen LogP contribution in [-0.4, -0.2) is 166 Å². The lowest BCUT2D eigenvalue weighted by atomic mass is 9.75. The van der Waals surface area contributed by atoms with Gasteiger partial charge in [0.1, 0.15) is 29.0 Å². The number of rotatable bonds is 11. The highest BCUT2D eigenvalue weighted by molar-refractivity contribution is 5.73. The Balaban J connectivity index is 2.17. The molecule has 0 spiro atoms. The van der Waals surface area contributed by atoms with Crippen molar-refractivity contribution in [3.05, 3.63) is 0 Å². The second kappa shape index (κ2) is 19.3. The minimum Gasteiger partial charge on any atom is -0.457 e. The van der Waals surface area contributed by atoms with Crippen molar-refractivity contribution in [2.45, 2.75) is 211 Å². The lowest BCUT2D eigenvalue weighted by Gasteiger charge is -2.54. The number of β-amino-alcohol motifs (C(OH)–C–C–N with tert-alkyl or cyclic N) is 1. The summed E-state index contributed by atoms with van der Waals surface area (Å²) < 4.78 is 38.5. The van der Waals surface area contributed by atoms with E-state index in [-0.39, 0.29) is 49.4 Å². The second-order valence-corrected chi connectivity index (χ2v) is 19.6. The number of nitrogens with one attached hydrogen (secondary N) is 2. The van der Waals surface area contributed by atoms with Crippen molar-refractivity contribution in [1.29, 1.82) is 0 Å². The van der Waals surface area contributed by atoms with Crippen molar-refractivity contribution in [2.75, 3.05) is 34.3 Å². The second-order valence-electron chi connectivity index (χ2n) is 19.6. The minimum absolute atomic E-state index is 0.0769. The summed E-state index contributed by atoms with van der Waals surface area (Å²) in [6.45, 7) is 24.2. The quantitative estimate of drug-likeness (QED) is 0.150. The average molecular weight is 820 g/mol. The van der Waals surface area contributed by atoms with Crippen LogP contribution in [0.3, 0.4) is 0 Å². The van der Waals surface area contributed by atoms with Crippen LogP contribution in [0.1, 0.15) is 116 Å². The summed E-state index contributed by atoms with van der Waals surface area (Å²) in [5.74, 6) is -2.70. The molecule has 15 heteroatoms. The van der Waals surface area contributed by atoms with E-state index in [9.17, 15) is 30.3 Å². The Morgan fingerprint density at radius 3 is 2.18 bits per heavy atom. The highest BCUT2D eigenvalue weighted by atomic mass is 16.7. The number of cyclic esters (lactones) is 1. The maximum absolute atomic E-state index is 14.5. The summed E-state index contributed by atoms with van der Waals surface area (Å²) in [5, 5.41) is 65.7. The largest absolute Gasteiger partial charge is 0.457 e. The summed E-state index contributed by atoms with van der Waals surface area (Å²) in [5.41, 5.74) is -6.32. The Labute approximate surface area is 342 Å². The van der Waals surface area contributed by atoms with Crippen LogP contribution in [-0.2, 0) is 33.2 Å². The standard InChI is InChI=1S/C42H81N3O12/c1-17-30(46)41(13,50)35-27(6)43-21-23(2)19-39(11,49)34(57-37-32(47)29(45(14)15)18-24(3)53-37)25(4)33(26(5)36(48)56-35)55-31-20-40(12,52-16)42(51,28(7)54-31)22-44-38(8,9)10/h23-35,37,43-44,46-47,49-51H,17-22H2,1-16H3/t23-,24+,25-,26+,27+,28-,29-,30+,31-,32?,33+,34-,35?,37-,39-,40+,41+,42-/m0/s1. The summed E-state index contributed by atoms with van der Waals surface area (Å²) in [6.07, 6.45) is -7.60. The predicted octanol–water partition coefficient (Wildman–Crippen LogP) is 2.32. The highest BCUT2D eigenvalue weighted by Gasteiger charge is 2.59. The van der Waals surface area contributed by atoms with E-state index in [0.29, 0.717) is 13.0 Å². The Bertz CT molecular complexity index is 1280. The van der Waals surface area contributed by atoms with Gasteiger partial charge in [0.25, 0.3) is 0 Å². The van der Waals surface area contributed by atoms with E-state index >= 15 is 0 Å². The number of carbonyl (C=O) groups excluding carboxylic acids is 1. The number of esters is 1. The third-order valence-electron chi connectivity index (χ3n) is 13.1. The molecule has 0 radical (unpaired) electrons. The van der Waals surface area contributed by atoms with Crippen LogP contribution in [0.15, 0.2) is 0 Å². The summed E-state index contributed by atoms with van der Waals surface area (Å²) in [6, 6.07) is -0.883. The molecule has 7 N–H and O–H groups in total. The van der Waals surface area contributed by atoms with Crippen LogP contribution >= 0.6 is 0 Å². The fourth-order valence-corrected chi connectivity index (χ4v) is 9.15. The van der Waals surface area contributed by atoms with Gasteiger partial charge in [-0.05, 0) is 115 Å². The van der Waals surface area contributed by atoms with E-state index in [0.717, 1.165) is 0 Å². The number of nitrogens with zero attached hydrogens (tertiary/aromatic N) is 1. The number of methoxy groups -OCH3 is 1. The van der Waals surface area contributed by atoms with Crippen LogP contribution in [0.2, 0.25) is 0 Å². The van der Waals surface area contributed by atoms with E-state index in [2.05, 4.69) is 10.6 Å². The van der Waals surface area contributed by atoms with Crippen LogP contribution in [0.25, 0.3) is 0 Å². The molecule has 15 nitrogen and oxygen atoms in total. The average Bonchev–Trinajstić information content (AvgIpc) is 3.11. The fraction of sp³-hybridized carbons (Fsp3) is 0.976. The normalized spacial score (nSPS) is 44.9. The van der Waals surface area contributed by atoms with E-state index in [1.807, 2.05) is 60.5 Å². The molecule has 2 unspecified atom stereocenters. The van der Waals surface area contributed by atoms with Gasteiger partial charge in [0.15, 0.2) is 12.6 Å². The van der Waals surface area contributed by atoms with Crippen LogP contribution in [0, 0.1) is 17.8 Å². The lowest BCUT2D eigenvalue weighted by Crippen LogP contribution is -2.71. The maximum atomic E-state index is 14.5. The summed E-state index contributed by atoms with van der Waals surface area (Å²) in [7, 11) is 5.30. The molecule has 0 amide bonds. The molecule has 0 saturated carbocycles. The first-order chi connectivity index (χ1) is 26.0.